The lowest BCUT2D eigenvalue weighted by Gasteiger charge is -2.11. The molecule has 0 aromatic heterocycles. The number of hydrogen-bond acceptors (Lipinski definition) is 4. The molecule has 1 amide bonds. The van der Waals surface area contributed by atoms with Crippen LogP contribution in [0.3, 0.4) is 0 Å². The molecular formula is C22H22N2O4S. The number of sulfonamides is 1. The number of carbonyl (C=O) groups excluding carboxylic acids is 1. The predicted octanol–water partition coefficient (Wildman–Crippen LogP) is 4.45. The van der Waals surface area contributed by atoms with Crippen LogP contribution in [0.2, 0.25) is 0 Å². The van der Waals surface area contributed by atoms with Gasteiger partial charge in [-0.05, 0) is 56.3 Å². The van der Waals surface area contributed by atoms with Crippen molar-refractivity contribution >= 4 is 27.3 Å². The molecule has 0 unspecified atom stereocenters. The largest absolute Gasteiger partial charge is 0.494 e. The Morgan fingerprint density at radius 3 is 2.38 bits per heavy atom. The molecule has 0 saturated carbocycles. The Morgan fingerprint density at radius 1 is 0.931 bits per heavy atom. The zero-order valence-electron chi connectivity index (χ0n) is 16.2. The van der Waals surface area contributed by atoms with Gasteiger partial charge in [0.1, 0.15) is 5.75 Å². The topological polar surface area (TPSA) is 84.5 Å². The number of benzene rings is 3. The first kappa shape index (κ1) is 20.4. The molecular weight excluding hydrogens is 388 g/mol. The van der Waals surface area contributed by atoms with Crippen LogP contribution in [-0.2, 0) is 10.0 Å². The van der Waals surface area contributed by atoms with Crippen molar-refractivity contribution in [3.63, 3.8) is 0 Å². The first-order valence-corrected chi connectivity index (χ1v) is 10.6. The summed E-state index contributed by atoms with van der Waals surface area (Å²) in [5.41, 5.74) is 2.28. The quantitative estimate of drug-likeness (QED) is 0.603. The van der Waals surface area contributed by atoms with E-state index in [0.29, 0.717) is 23.7 Å². The molecule has 6 nitrogen and oxygen atoms in total. The molecule has 0 saturated heterocycles. The van der Waals surface area contributed by atoms with Gasteiger partial charge in [-0.1, -0.05) is 29.8 Å². The van der Waals surface area contributed by atoms with Gasteiger partial charge in [0.15, 0.2) is 0 Å². The van der Waals surface area contributed by atoms with Gasteiger partial charge in [-0.2, -0.15) is 0 Å². The van der Waals surface area contributed by atoms with Crippen molar-refractivity contribution in [1.82, 2.24) is 0 Å². The molecule has 0 fully saturated rings. The van der Waals surface area contributed by atoms with Crippen LogP contribution < -0.4 is 14.8 Å². The summed E-state index contributed by atoms with van der Waals surface area (Å²) >= 11 is 0. The third-order valence-corrected chi connectivity index (χ3v) is 5.49. The lowest BCUT2D eigenvalue weighted by Crippen LogP contribution is -2.16. The highest BCUT2D eigenvalue weighted by Gasteiger charge is 2.17. The van der Waals surface area contributed by atoms with Crippen molar-refractivity contribution in [2.24, 2.45) is 0 Å². The molecule has 29 heavy (non-hydrogen) atoms. The summed E-state index contributed by atoms with van der Waals surface area (Å²) in [6, 6.07) is 19.9. The third-order valence-electron chi connectivity index (χ3n) is 4.11. The Labute approximate surface area is 170 Å². The minimum absolute atomic E-state index is 0.00814. The van der Waals surface area contributed by atoms with Crippen molar-refractivity contribution < 1.29 is 17.9 Å². The fourth-order valence-electron chi connectivity index (χ4n) is 2.67. The second-order valence-corrected chi connectivity index (χ2v) is 8.10. The first-order chi connectivity index (χ1) is 13.9. The van der Waals surface area contributed by atoms with E-state index in [1.165, 1.54) is 18.2 Å². The minimum atomic E-state index is -3.82. The van der Waals surface area contributed by atoms with E-state index < -0.39 is 15.9 Å². The van der Waals surface area contributed by atoms with Gasteiger partial charge in [0.05, 0.1) is 11.5 Å². The van der Waals surface area contributed by atoms with Gasteiger partial charge in [-0.25, -0.2) is 8.42 Å². The lowest BCUT2D eigenvalue weighted by atomic mass is 10.2. The molecule has 150 valence electrons. The molecule has 0 spiro atoms. The number of hydrogen-bond donors (Lipinski definition) is 2. The van der Waals surface area contributed by atoms with Gasteiger partial charge < -0.3 is 10.1 Å². The summed E-state index contributed by atoms with van der Waals surface area (Å²) < 4.78 is 33.3. The van der Waals surface area contributed by atoms with Crippen LogP contribution in [0.5, 0.6) is 5.75 Å². The van der Waals surface area contributed by atoms with E-state index in [9.17, 15) is 13.2 Å². The Kier molecular flexibility index (Phi) is 6.19. The number of aryl methyl sites for hydroxylation is 1. The van der Waals surface area contributed by atoms with Crippen LogP contribution in [0.1, 0.15) is 22.8 Å². The maximum absolute atomic E-state index is 12.7. The number of rotatable bonds is 7. The standard InChI is InChI=1S/C22H22N2O4S/c1-3-28-20-8-5-7-19(15-20)23-22(25)17-6-4-9-21(14-17)29(26,27)24-18-12-10-16(2)11-13-18/h4-15,24H,3H2,1-2H3,(H,23,25). The number of amides is 1. The van der Waals surface area contributed by atoms with E-state index in [1.54, 1.807) is 42.5 Å². The SMILES string of the molecule is CCOc1cccc(NC(=O)c2cccc(S(=O)(=O)Nc3ccc(C)cc3)c2)c1. The third kappa shape index (κ3) is 5.36. The van der Waals surface area contributed by atoms with Crippen molar-refractivity contribution in [2.75, 3.05) is 16.6 Å². The Bertz CT molecular complexity index is 1110. The maximum Gasteiger partial charge on any atom is 0.261 e. The van der Waals surface area contributed by atoms with Gasteiger partial charge in [-0.3, -0.25) is 9.52 Å². The van der Waals surface area contributed by atoms with E-state index >= 15 is 0 Å². The van der Waals surface area contributed by atoms with Crippen LogP contribution in [0.4, 0.5) is 11.4 Å². The van der Waals surface area contributed by atoms with Gasteiger partial charge in [0.2, 0.25) is 0 Å². The van der Waals surface area contributed by atoms with E-state index in [1.807, 2.05) is 26.0 Å². The number of nitrogens with one attached hydrogen (secondary N) is 2. The average Bonchev–Trinajstić information content (AvgIpc) is 2.70. The Hall–Kier alpha value is -3.32. The lowest BCUT2D eigenvalue weighted by molar-refractivity contribution is 0.102. The van der Waals surface area contributed by atoms with Crippen LogP contribution in [-0.4, -0.2) is 20.9 Å². The predicted molar refractivity (Wildman–Crippen MR) is 114 cm³/mol. The van der Waals surface area contributed by atoms with E-state index in [4.69, 9.17) is 4.74 Å². The Morgan fingerprint density at radius 2 is 1.66 bits per heavy atom. The molecule has 0 bridgehead atoms. The number of ether oxygens (including phenoxy) is 1. The summed E-state index contributed by atoms with van der Waals surface area (Å²) in [4.78, 5) is 12.6. The molecule has 0 aliphatic rings. The second kappa shape index (κ2) is 8.79. The van der Waals surface area contributed by atoms with E-state index in [0.717, 1.165) is 5.56 Å². The highest BCUT2D eigenvalue weighted by Crippen LogP contribution is 2.20. The first-order valence-electron chi connectivity index (χ1n) is 9.11. The molecule has 0 heterocycles. The number of carbonyl (C=O) groups is 1. The fraction of sp³-hybridized carbons (Fsp3) is 0.136. The van der Waals surface area contributed by atoms with Crippen LogP contribution in [0.25, 0.3) is 0 Å². The molecule has 3 aromatic carbocycles. The highest BCUT2D eigenvalue weighted by molar-refractivity contribution is 7.92. The van der Waals surface area contributed by atoms with Crippen molar-refractivity contribution in [3.05, 3.63) is 83.9 Å². The average molecular weight is 410 g/mol. The van der Waals surface area contributed by atoms with Gasteiger partial charge >= 0.3 is 0 Å². The summed E-state index contributed by atoms with van der Waals surface area (Å²) in [5, 5.41) is 2.76. The molecule has 2 N–H and O–H groups in total. The highest BCUT2D eigenvalue weighted by atomic mass is 32.2. The molecule has 3 rings (SSSR count). The summed E-state index contributed by atoms with van der Waals surface area (Å²) in [5.74, 6) is 0.231. The normalized spacial score (nSPS) is 11.0. The van der Waals surface area contributed by atoms with Crippen molar-refractivity contribution in [2.45, 2.75) is 18.7 Å². The van der Waals surface area contributed by atoms with Crippen LogP contribution in [0.15, 0.2) is 77.7 Å². The van der Waals surface area contributed by atoms with Crippen molar-refractivity contribution in [1.29, 1.82) is 0 Å². The van der Waals surface area contributed by atoms with Gasteiger partial charge in [0.25, 0.3) is 15.9 Å². The second-order valence-electron chi connectivity index (χ2n) is 6.41. The smallest absolute Gasteiger partial charge is 0.261 e. The van der Waals surface area contributed by atoms with Crippen LogP contribution in [0, 0.1) is 6.92 Å². The van der Waals surface area contributed by atoms with E-state index in [-0.39, 0.29) is 10.5 Å². The fourth-order valence-corrected chi connectivity index (χ4v) is 3.78. The Balaban J connectivity index is 1.78. The molecule has 0 aliphatic carbocycles. The van der Waals surface area contributed by atoms with Crippen molar-refractivity contribution in [3.8, 4) is 5.75 Å². The van der Waals surface area contributed by atoms with Gasteiger partial charge in [-0.15, -0.1) is 0 Å². The van der Waals surface area contributed by atoms with E-state index in [2.05, 4.69) is 10.0 Å². The molecule has 0 radical (unpaired) electrons. The van der Waals surface area contributed by atoms with Crippen LogP contribution >= 0.6 is 0 Å². The molecule has 3 aromatic rings. The minimum Gasteiger partial charge on any atom is -0.494 e. The molecule has 7 heteroatoms. The zero-order chi connectivity index (χ0) is 20.9. The monoisotopic (exact) mass is 410 g/mol. The maximum atomic E-state index is 12.7. The zero-order valence-corrected chi connectivity index (χ0v) is 17.0. The molecule has 0 aliphatic heterocycles. The van der Waals surface area contributed by atoms with Gasteiger partial charge in [0, 0.05) is 23.0 Å². The summed E-state index contributed by atoms with van der Waals surface area (Å²) in [6.07, 6.45) is 0. The summed E-state index contributed by atoms with van der Waals surface area (Å²) in [7, 11) is -3.82. The molecule has 0 atom stereocenters. The number of anilines is 2. The summed E-state index contributed by atoms with van der Waals surface area (Å²) in [6.45, 7) is 4.32.